The largest absolute Gasteiger partial charge is 0.472 e. The van der Waals surface area contributed by atoms with Gasteiger partial charge < -0.3 is 20.1 Å². The molecule has 69 heavy (non-hydrogen) atoms. The van der Waals surface area contributed by atoms with Gasteiger partial charge in [-0.25, -0.2) is 4.57 Å². The lowest BCUT2D eigenvalue weighted by Gasteiger charge is -2.19. The number of hydrogen-bond donors (Lipinski definition) is 2. The molecule has 0 radical (unpaired) electrons. The van der Waals surface area contributed by atoms with E-state index in [1.807, 2.05) is 0 Å². The minimum Gasteiger partial charge on any atom is -0.462 e. The summed E-state index contributed by atoms with van der Waals surface area (Å²) in [5.74, 6) is -0.879. The van der Waals surface area contributed by atoms with Crippen molar-refractivity contribution in [2.75, 3.05) is 26.4 Å². The number of rotatable bonds is 48. The molecule has 0 rings (SSSR count). The van der Waals surface area contributed by atoms with Gasteiger partial charge in [0.15, 0.2) is 6.10 Å². The highest BCUT2D eigenvalue weighted by Crippen LogP contribution is 2.43. The number of esters is 2. The standard InChI is InChI=1S/C59H96NO8P/c1-3-5-7-9-11-13-15-17-18-19-20-21-22-23-24-25-26-27-28-29-30-31-32-33-34-35-36-37-38-40-42-44-46-48-50-52-59(62)68-57(56-67-69(63,64)66-54-53-60)55-65-58(61)51-49-47-45-43-41-39-16-14-12-10-8-6-4-2/h5,7,11,13-14,16-18,20-21,23-24,26-27,29-30,32-33,35-36,38,40,57H,3-4,6,8-10,12,15,19,22,25,28,31,34,37,39,41-56,60H2,1-2H3,(H,63,64)/b7-5-,13-11-,16-14-,18-17-,21-20-,24-23-,27-26-,30-29-,33-32-,36-35-,40-38-. The lowest BCUT2D eigenvalue weighted by molar-refractivity contribution is -0.161. The molecular weight excluding hydrogens is 882 g/mol. The van der Waals surface area contributed by atoms with Gasteiger partial charge in [-0.05, 0) is 116 Å². The second kappa shape index (κ2) is 53.5. The van der Waals surface area contributed by atoms with Crippen molar-refractivity contribution in [3.8, 4) is 0 Å². The number of carbonyl (C=O) groups is 2. The molecule has 2 atom stereocenters. The second-order valence-corrected chi connectivity index (χ2v) is 18.5. The van der Waals surface area contributed by atoms with Gasteiger partial charge in [0.05, 0.1) is 13.2 Å². The third-order valence-corrected chi connectivity index (χ3v) is 11.5. The molecule has 0 aliphatic carbocycles. The average Bonchev–Trinajstić information content (AvgIpc) is 3.34. The summed E-state index contributed by atoms with van der Waals surface area (Å²) in [6.07, 6.45) is 75.0. The molecule has 0 aromatic rings. The van der Waals surface area contributed by atoms with Crippen molar-refractivity contribution in [2.24, 2.45) is 5.73 Å². The molecule has 0 saturated carbocycles. The number of phosphoric ester groups is 1. The summed E-state index contributed by atoms with van der Waals surface area (Å²) in [6, 6.07) is 0. The first kappa shape index (κ1) is 65.1. The molecule has 0 aromatic heterocycles. The van der Waals surface area contributed by atoms with E-state index in [4.69, 9.17) is 24.3 Å². The molecule has 0 aliphatic heterocycles. The monoisotopic (exact) mass is 978 g/mol. The molecule has 0 amide bonds. The summed E-state index contributed by atoms with van der Waals surface area (Å²) in [4.78, 5) is 35.0. The van der Waals surface area contributed by atoms with E-state index in [-0.39, 0.29) is 32.6 Å². The summed E-state index contributed by atoms with van der Waals surface area (Å²) in [6.45, 7) is 3.54. The Morgan fingerprint density at radius 2 is 0.797 bits per heavy atom. The van der Waals surface area contributed by atoms with E-state index in [2.05, 4.69) is 148 Å². The second-order valence-electron chi connectivity index (χ2n) is 17.0. The Bertz CT molecular complexity index is 1580. The molecular formula is C59H96NO8P. The average molecular weight is 978 g/mol. The van der Waals surface area contributed by atoms with Gasteiger partial charge in [0.25, 0.3) is 0 Å². The normalized spacial score (nSPS) is 14.2. The van der Waals surface area contributed by atoms with Gasteiger partial charge in [-0.2, -0.15) is 0 Å². The van der Waals surface area contributed by atoms with E-state index < -0.39 is 32.5 Å². The van der Waals surface area contributed by atoms with Crippen molar-refractivity contribution in [3.05, 3.63) is 134 Å². The number of ether oxygens (including phenoxy) is 2. The first-order valence-electron chi connectivity index (χ1n) is 26.7. The summed E-state index contributed by atoms with van der Waals surface area (Å²) >= 11 is 0. The maximum atomic E-state index is 12.6. The lowest BCUT2D eigenvalue weighted by atomic mass is 10.1. The fraction of sp³-hybridized carbons (Fsp3) is 0.593. The number of nitrogens with two attached hydrogens (primary N) is 1. The van der Waals surface area contributed by atoms with Crippen molar-refractivity contribution < 1.29 is 37.6 Å². The maximum absolute atomic E-state index is 12.6. The number of carbonyl (C=O) groups excluding carboxylic acids is 2. The van der Waals surface area contributed by atoms with Crippen LogP contribution >= 0.6 is 7.82 Å². The Morgan fingerprint density at radius 1 is 0.449 bits per heavy atom. The van der Waals surface area contributed by atoms with Crippen molar-refractivity contribution in [1.82, 2.24) is 0 Å². The van der Waals surface area contributed by atoms with Crippen LogP contribution < -0.4 is 5.73 Å². The van der Waals surface area contributed by atoms with Gasteiger partial charge in [-0.1, -0.05) is 199 Å². The molecule has 0 spiro atoms. The minimum absolute atomic E-state index is 0.0407. The molecule has 9 nitrogen and oxygen atoms in total. The van der Waals surface area contributed by atoms with Crippen molar-refractivity contribution in [2.45, 2.75) is 200 Å². The molecule has 0 aliphatic rings. The maximum Gasteiger partial charge on any atom is 0.472 e. The first-order chi connectivity index (χ1) is 33.8. The van der Waals surface area contributed by atoms with Crippen LogP contribution in [-0.2, 0) is 32.7 Å². The molecule has 10 heteroatoms. The molecule has 390 valence electrons. The van der Waals surface area contributed by atoms with Gasteiger partial charge in [0.2, 0.25) is 0 Å². The van der Waals surface area contributed by atoms with Crippen LogP contribution in [0.4, 0.5) is 0 Å². The molecule has 0 fully saturated rings. The fourth-order valence-electron chi connectivity index (χ4n) is 6.60. The summed E-state index contributed by atoms with van der Waals surface area (Å²) in [7, 11) is -4.40. The van der Waals surface area contributed by atoms with E-state index in [0.29, 0.717) is 12.8 Å². The highest BCUT2D eigenvalue weighted by atomic mass is 31.2. The number of allylic oxidation sites excluding steroid dienone is 22. The molecule has 2 unspecified atom stereocenters. The van der Waals surface area contributed by atoms with Crippen LogP contribution in [0.2, 0.25) is 0 Å². The quantitative estimate of drug-likeness (QED) is 0.0264. The van der Waals surface area contributed by atoms with Crippen molar-refractivity contribution in [3.63, 3.8) is 0 Å². The number of unbranched alkanes of at least 4 members (excludes halogenated alkanes) is 13. The van der Waals surface area contributed by atoms with Crippen LogP contribution in [-0.4, -0.2) is 49.3 Å². The zero-order valence-corrected chi connectivity index (χ0v) is 44.1. The van der Waals surface area contributed by atoms with Crippen LogP contribution in [0.25, 0.3) is 0 Å². The molecule has 3 N–H and O–H groups in total. The number of hydrogen-bond acceptors (Lipinski definition) is 8. The summed E-state index contributed by atoms with van der Waals surface area (Å²) < 4.78 is 32.8. The smallest absolute Gasteiger partial charge is 0.462 e. The van der Waals surface area contributed by atoms with E-state index in [0.717, 1.165) is 122 Å². The topological polar surface area (TPSA) is 134 Å². The predicted molar refractivity (Wildman–Crippen MR) is 293 cm³/mol. The number of phosphoric acid groups is 1. The lowest BCUT2D eigenvalue weighted by Crippen LogP contribution is -2.29. The highest BCUT2D eigenvalue weighted by molar-refractivity contribution is 7.47. The van der Waals surface area contributed by atoms with Crippen LogP contribution in [0, 0.1) is 0 Å². The van der Waals surface area contributed by atoms with Gasteiger partial charge in [0.1, 0.15) is 6.61 Å². The summed E-state index contributed by atoms with van der Waals surface area (Å²) in [5, 5.41) is 0. The van der Waals surface area contributed by atoms with Crippen LogP contribution in [0.5, 0.6) is 0 Å². The van der Waals surface area contributed by atoms with E-state index in [1.54, 1.807) is 0 Å². The van der Waals surface area contributed by atoms with Gasteiger partial charge >= 0.3 is 19.8 Å². The Hall–Kier alpha value is -3.85. The van der Waals surface area contributed by atoms with Crippen molar-refractivity contribution >= 4 is 19.8 Å². The zero-order valence-electron chi connectivity index (χ0n) is 43.2. The van der Waals surface area contributed by atoms with Crippen molar-refractivity contribution in [1.29, 1.82) is 0 Å². The zero-order chi connectivity index (χ0) is 50.2. The molecule has 0 saturated heterocycles. The van der Waals surface area contributed by atoms with E-state index in [9.17, 15) is 19.0 Å². The Labute approximate surface area is 421 Å². The van der Waals surface area contributed by atoms with E-state index in [1.165, 1.54) is 32.1 Å². The predicted octanol–water partition coefficient (Wildman–Crippen LogP) is 16.6. The minimum atomic E-state index is -4.40. The van der Waals surface area contributed by atoms with E-state index >= 15 is 0 Å². The molecule has 0 aromatic carbocycles. The molecule has 0 bridgehead atoms. The van der Waals surface area contributed by atoms with Crippen LogP contribution in [0.1, 0.15) is 194 Å². The Balaban J connectivity index is 4.11. The third-order valence-electron chi connectivity index (χ3n) is 10.5. The van der Waals surface area contributed by atoms with Crippen LogP contribution in [0.15, 0.2) is 134 Å². The Morgan fingerprint density at radius 3 is 1.20 bits per heavy atom. The van der Waals surface area contributed by atoms with Gasteiger partial charge in [-0.3, -0.25) is 18.6 Å². The van der Waals surface area contributed by atoms with Gasteiger partial charge in [0, 0.05) is 19.4 Å². The molecule has 0 heterocycles. The van der Waals surface area contributed by atoms with Crippen LogP contribution in [0.3, 0.4) is 0 Å². The highest BCUT2D eigenvalue weighted by Gasteiger charge is 2.26. The fourth-order valence-corrected chi connectivity index (χ4v) is 7.36. The SMILES string of the molecule is CC/C=C\C/C=C\C/C=C\C/C=C\C/C=C\C/C=C\C/C=C\C/C=C\C/C=C\C/C=C\CCCCCCC(=O)OC(COC(=O)CCCCCCC/C=C\CCCCCC)COP(=O)(O)OCCN. The summed E-state index contributed by atoms with van der Waals surface area (Å²) in [5.41, 5.74) is 5.36. The third kappa shape index (κ3) is 53.4. The van der Waals surface area contributed by atoms with Gasteiger partial charge in [-0.15, -0.1) is 0 Å². The first-order valence-corrected chi connectivity index (χ1v) is 28.2. The Kier molecular flexibility index (Phi) is 50.5.